The number of hydrogen-bond donors (Lipinski definition) is 2. The topological polar surface area (TPSA) is 49.3 Å². The summed E-state index contributed by atoms with van der Waals surface area (Å²) in [4.78, 5) is 12.1. The molecule has 2 atom stereocenters. The van der Waals surface area contributed by atoms with Crippen LogP contribution in [-0.4, -0.2) is 28.6 Å². The van der Waals surface area contributed by atoms with Gasteiger partial charge in [-0.15, -0.1) is 11.8 Å². The number of carbonyl (C=O) groups excluding carboxylic acids is 1. The Morgan fingerprint density at radius 1 is 1.35 bits per heavy atom. The molecule has 1 aromatic carbocycles. The van der Waals surface area contributed by atoms with E-state index in [1.54, 1.807) is 11.8 Å². The van der Waals surface area contributed by atoms with Gasteiger partial charge in [0.2, 0.25) is 5.91 Å². The molecule has 1 rings (SSSR count). The lowest BCUT2D eigenvalue weighted by Gasteiger charge is -2.20. The number of halogens is 1. The first-order chi connectivity index (χ1) is 9.45. The number of thioether (sulfide) groups is 1. The number of aliphatic hydroxyl groups excluding tert-OH is 1. The average molecular weight is 299 g/mol. The lowest BCUT2D eigenvalue weighted by molar-refractivity contribution is -0.121. The normalized spacial score (nSPS) is 14.1. The van der Waals surface area contributed by atoms with E-state index in [9.17, 15) is 14.3 Å². The van der Waals surface area contributed by atoms with Crippen molar-refractivity contribution in [3.05, 3.63) is 35.6 Å². The van der Waals surface area contributed by atoms with Gasteiger partial charge in [0.25, 0.3) is 0 Å². The highest BCUT2D eigenvalue weighted by Crippen LogP contribution is 2.20. The minimum absolute atomic E-state index is 0.0620. The van der Waals surface area contributed by atoms with Gasteiger partial charge in [0.05, 0.1) is 11.4 Å². The third kappa shape index (κ3) is 5.13. The van der Waals surface area contributed by atoms with Crippen LogP contribution in [0.15, 0.2) is 24.3 Å². The molecule has 0 heterocycles. The van der Waals surface area contributed by atoms with Crippen molar-refractivity contribution in [2.45, 2.75) is 32.1 Å². The van der Waals surface area contributed by atoms with Gasteiger partial charge in [0.1, 0.15) is 5.82 Å². The minimum Gasteiger partial charge on any atom is -0.387 e. The summed E-state index contributed by atoms with van der Waals surface area (Å²) >= 11 is 1.60. The van der Waals surface area contributed by atoms with Crippen LogP contribution in [0.3, 0.4) is 0 Å². The quantitative estimate of drug-likeness (QED) is 0.814. The van der Waals surface area contributed by atoms with Crippen molar-refractivity contribution in [1.29, 1.82) is 0 Å². The van der Waals surface area contributed by atoms with Gasteiger partial charge in [-0.2, -0.15) is 0 Å². The monoisotopic (exact) mass is 299 g/mol. The molecule has 0 aliphatic heterocycles. The van der Waals surface area contributed by atoms with Gasteiger partial charge in [-0.1, -0.05) is 32.9 Å². The van der Waals surface area contributed by atoms with Crippen LogP contribution in [0.2, 0.25) is 0 Å². The molecular formula is C15H22FNO2S. The minimum atomic E-state index is -0.820. The molecule has 0 aliphatic rings. The number of carbonyl (C=O) groups is 1. The van der Waals surface area contributed by atoms with E-state index in [4.69, 9.17) is 0 Å². The van der Waals surface area contributed by atoms with Crippen LogP contribution in [0.25, 0.3) is 0 Å². The molecule has 0 aromatic heterocycles. The molecule has 0 fully saturated rings. The van der Waals surface area contributed by atoms with E-state index in [1.807, 2.05) is 20.8 Å². The Balaban J connectivity index is 2.52. The zero-order valence-electron chi connectivity index (χ0n) is 12.1. The number of amides is 1. The van der Waals surface area contributed by atoms with E-state index in [2.05, 4.69) is 5.32 Å². The molecular weight excluding hydrogens is 277 g/mol. The molecule has 112 valence electrons. The summed E-state index contributed by atoms with van der Waals surface area (Å²) in [7, 11) is 0. The fourth-order valence-corrected chi connectivity index (χ4v) is 2.83. The van der Waals surface area contributed by atoms with Crippen LogP contribution in [0.1, 0.15) is 32.4 Å². The lowest BCUT2D eigenvalue weighted by Crippen LogP contribution is -2.38. The molecule has 0 spiro atoms. The van der Waals surface area contributed by atoms with E-state index in [0.29, 0.717) is 5.56 Å². The van der Waals surface area contributed by atoms with Crippen LogP contribution < -0.4 is 5.32 Å². The molecule has 1 aromatic rings. The highest BCUT2D eigenvalue weighted by atomic mass is 32.2. The van der Waals surface area contributed by atoms with Crippen molar-refractivity contribution >= 4 is 17.7 Å². The van der Waals surface area contributed by atoms with Crippen molar-refractivity contribution in [1.82, 2.24) is 5.32 Å². The van der Waals surface area contributed by atoms with Gasteiger partial charge in [0.15, 0.2) is 0 Å². The molecule has 0 bridgehead atoms. The SMILES string of the molecule is CCSC(C(=O)NCC(O)c1ccc(F)cc1)C(C)C. The fraction of sp³-hybridized carbons (Fsp3) is 0.533. The predicted molar refractivity (Wildman–Crippen MR) is 81.1 cm³/mol. The maximum atomic E-state index is 12.8. The summed E-state index contributed by atoms with van der Waals surface area (Å²) < 4.78 is 12.8. The van der Waals surface area contributed by atoms with E-state index >= 15 is 0 Å². The van der Waals surface area contributed by atoms with Crippen LogP contribution in [0.5, 0.6) is 0 Å². The molecule has 0 aliphatic carbocycles. The third-order valence-electron chi connectivity index (χ3n) is 2.93. The van der Waals surface area contributed by atoms with Gasteiger partial charge in [-0.25, -0.2) is 4.39 Å². The van der Waals surface area contributed by atoms with Crippen molar-refractivity contribution in [3.63, 3.8) is 0 Å². The number of rotatable bonds is 7. The Hall–Kier alpha value is -1.07. The number of nitrogens with one attached hydrogen (secondary N) is 1. The molecule has 0 saturated heterocycles. The molecule has 5 heteroatoms. The van der Waals surface area contributed by atoms with Gasteiger partial charge in [0, 0.05) is 6.54 Å². The van der Waals surface area contributed by atoms with Crippen LogP contribution in [-0.2, 0) is 4.79 Å². The Kier molecular flexibility index (Phi) is 7.02. The second-order valence-corrected chi connectivity index (χ2v) is 6.35. The molecule has 2 N–H and O–H groups in total. The van der Waals surface area contributed by atoms with E-state index in [-0.39, 0.29) is 29.4 Å². The zero-order chi connectivity index (χ0) is 15.1. The number of aliphatic hydroxyl groups is 1. The van der Waals surface area contributed by atoms with Crippen molar-refractivity contribution < 1.29 is 14.3 Å². The summed E-state index contributed by atoms with van der Waals surface area (Å²) in [6, 6.07) is 5.63. The maximum absolute atomic E-state index is 12.8. The second-order valence-electron chi connectivity index (χ2n) is 4.93. The third-order valence-corrected chi connectivity index (χ3v) is 4.39. The predicted octanol–water partition coefficient (Wildman–Crippen LogP) is 2.75. The summed E-state index contributed by atoms with van der Waals surface area (Å²) in [6.45, 7) is 6.16. The summed E-state index contributed by atoms with van der Waals surface area (Å²) in [6.07, 6.45) is -0.820. The first kappa shape index (κ1) is 17.0. The highest BCUT2D eigenvalue weighted by Gasteiger charge is 2.22. The number of hydrogen-bond acceptors (Lipinski definition) is 3. The summed E-state index contributed by atoms with van der Waals surface area (Å²) in [5.41, 5.74) is 0.593. The van der Waals surface area contributed by atoms with E-state index < -0.39 is 6.10 Å². The van der Waals surface area contributed by atoms with Gasteiger partial charge < -0.3 is 10.4 Å². The molecule has 0 radical (unpaired) electrons. The largest absolute Gasteiger partial charge is 0.387 e. The molecule has 1 amide bonds. The molecule has 0 saturated carbocycles. The zero-order valence-corrected chi connectivity index (χ0v) is 12.9. The number of benzene rings is 1. The maximum Gasteiger partial charge on any atom is 0.233 e. The van der Waals surface area contributed by atoms with Crippen molar-refractivity contribution in [3.8, 4) is 0 Å². The highest BCUT2D eigenvalue weighted by molar-refractivity contribution is 8.00. The first-order valence-corrected chi connectivity index (χ1v) is 7.83. The average Bonchev–Trinajstić information content (AvgIpc) is 2.42. The van der Waals surface area contributed by atoms with Gasteiger partial charge in [-0.3, -0.25) is 4.79 Å². The van der Waals surface area contributed by atoms with E-state index in [1.165, 1.54) is 24.3 Å². The summed E-state index contributed by atoms with van der Waals surface area (Å²) in [5, 5.41) is 12.6. The Bertz CT molecular complexity index is 422. The van der Waals surface area contributed by atoms with Crippen LogP contribution in [0, 0.1) is 11.7 Å². The van der Waals surface area contributed by atoms with Crippen molar-refractivity contribution in [2.75, 3.05) is 12.3 Å². The smallest absolute Gasteiger partial charge is 0.233 e. The second kappa shape index (κ2) is 8.27. The Morgan fingerprint density at radius 2 is 1.95 bits per heavy atom. The lowest BCUT2D eigenvalue weighted by atomic mass is 10.1. The molecule has 3 nitrogen and oxygen atoms in total. The summed E-state index contributed by atoms with van der Waals surface area (Å²) in [5.74, 6) is 0.705. The molecule has 20 heavy (non-hydrogen) atoms. The van der Waals surface area contributed by atoms with Crippen LogP contribution in [0.4, 0.5) is 4.39 Å². The standard InChI is InChI=1S/C15H22FNO2S/c1-4-20-14(10(2)3)15(19)17-9-13(18)11-5-7-12(16)8-6-11/h5-8,10,13-14,18H,4,9H2,1-3H3,(H,17,19). The van der Waals surface area contributed by atoms with E-state index in [0.717, 1.165) is 5.75 Å². The van der Waals surface area contributed by atoms with Gasteiger partial charge in [-0.05, 0) is 29.4 Å². The fourth-order valence-electron chi connectivity index (χ4n) is 1.85. The van der Waals surface area contributed by atoms with Crippen LogP contribution >= 0.6 is 11.8 Å². The van der Waals surface area contributed by atoms with Crippen molar-refractivity contribution in [2.24, 2.45) is 5.92 Å². The molecule has 2 unspecified atom stereocenters. The Morgan fingerprint density at radius 3 is 2.45 bits per heavy atom. The first-order valence-electron chi connectivity index (χ1n) is 6.78. The van der Waals surface area contributed by atoms with Gasteiger partial charge >= 0.3 is 0 Å². The Labute approximate surface area is 124 Å².